The highest BCUT2D eigenvalue weighted by Gasteiger charge is 2.20. The van der Waals surface area contributed by atoms with Gasteiger partial charge in [-0.25, -0.2) is 4.98 Å². The molecule has 142 valence electrons. The van der Waals surface area contributed by atoms with Crippen LogP contribution >= 0.6 is 0 Å². The number of hydrogen-bond donors (Lipinski definition) is 4. The molecule has 0 aliphatic carbocycles. The first-order valence-corrected chi connectivity index (χ1v) is 9.76. The van der Waals surface area contributed by atoms with Crippen molar-refractivity contribution in [3.8, 4) is 5.75 Å². The van der Waals surface area contributed by atoms with E-state index in [1.165, 1.54) is 6.42 Å². The highest BCUT2D eigenvalue weighted by Crippen LogP contribution is 2.26. The summed E-state index contributed by atoms with van der Waals surface area (Å²) in [6.45, 7) is 6.27. The zero-order valence-corrected chi connectivity index (χ0v) is 15.8. The van der Waals surface area contributed by atoms with E-state index >= 15 is 0 Å². The van der Waals surface area contributed by atoms with Gasteiger partial charge in [0.05, 0.1) is 5.56 Å². The number of imidazole rings is 1. The van der Waals surface area contributed by atoms with Gasteiger partial charge in [-0.15, -0.1) is 0 Å². The normalized spacial score (nSPS) is 17.7. The molecule has 1 saturated heterocycles. The quantitative estimate of drug-likeness (QED) is 0.573. The maximum atomic E-state index is 12.7. The van der Waals surface area contributed by atoms with Gasteiger partial charge in [0.25, 0.3) is 5.91 Å². The molecule has 0 radical (unpaired) electrons. The SMILES string of the molecule is CC(C)CCCCc1nc2c(C(=O)NC3CCCNC3)ccc(O)c2[nH]1. The van der Waals surface area contributed by atoms with E-state index in [0.29, 0.717) is 22.5 Å². The molecule has 1 aliphatic rings. The zero-order valence-electron chi connectivity index (χ0n) is 15.8. The molecular weight excluding hydrogens is 328 g/mol. The van der Waals surface area contributed by atoms with Crippen molar-refractivity contribution in [1.82, 2.24) is 20.6 Å². The fraction of sp³-hybridized carbons (Fsp3) is 0.600. The molecule has 0 saturated carbocycles. The highest BCUT2D eigenvalue weighted by molar-refractivity contribution is 6.06. The number of aromatic amines is 1. The molecule has 1 amide bonds. The monoisotopic (exact) mass is 358 g/mol. The molecule has 2 aromatic rings. The van der Waals surface area contributed by atoms with Crippen LogP contribution in [-0.2, 0) is 6.42 Å². The Kier molecular flexibility index (Phi) is 6.14. The van der Waals surface area contributed by atoms with Crippen LogP contribution in [0.1, 0.15) is 62.1 Å². The number of rotatable bonds is 7. The number of nitrogens with zero attached hydrogens (tertiary/aromatic N) is 1. The summed E-state index contributed by atoms with van der Waals surface area (Å²) in [4.78, 5) is 20.5. The molecule has 6 heteroatoms. The van der Waals surface area contributed by atoms with Gasteiger partial charge in [-0.05, 0) is 43.9 Å². The van der Waals surface area contributed by atoms with Crippen molar-refractivity contribution in [1.29, 1.82) is 0 Å². The van der Waals surface area contributed by atoms with Crippen LogP contribution in [0.5, 0.6) is 5.75 Å². The summed E-state index contributed by atoms with van der Waals surface area (Å²) in [5.74, 6) is 1.55. The van der Waals surface area contributed by atoms with E-state index in [0.717, 1.165) is 51.0 Å². The van der Waals surface area contributed by atoms with Gasteiger partial charge in [0.15, 0.2) is 0 Å². The van der Waals surface area contributed by atoms with Crippen LogP contribution in [0, 0.1) is 5.92 Å². The van der Waals surface area contributed by atoms with Gasteiger partial charge in [-0.1, -0.05) is 26.7 Å². The largest absolute Gasteiger partial charge is 0.506 e. The smallest absolute Gasteiger partial charge is 0.253 e. The van der Waals surface area contributed by atoms with Gasteiger partial charge in [0.1, 0.15) is 22.6 Å². The first kappa shape index (κ1) is 18.7. The van der Waals surface area contributed by atoms with Crippen LogP contribution < -0.4 is 10.6 Å². The third-order valence-corrected chi connectivity index (χ3v) is 4.99. The van der Waals surface area contributed by atoms with E-state index in [1.807, 2.05) is 0 Å². The standard InChI is InChI=1S/C20H30N4O2/c1-13(2)6-3-4-8-17-23-18-15(9-10-16(25)19(18)24-17)20(26)22-14-7-5-11-21-12-14/h9-10,13-14,21,25H,3-8,11-12H2,1-2H3,(H,22,26)(H,23,24). The molecule has 0 bridgehead atoms. The average molecular weight is 358 g/mol. The van der Waals surface area contributed by atoms with E-state index in [2.05, 4.69) is 34.4 Å². The number of nitrogens with one attached hydrogen (secondary N) is 3. The Morgan fingerprint density at radius 1 is 1.38 bits per heavy atom. The number of carbonyl (C=O) groups excluding carboxylic acids is 1. The number of aromatic hydroxyl groups is 1. The number of H-pyrrole nitrogens is 1. The second-order valence-electron chi connectivity index (χ2n) is 7.70. The van der Waals surface area contributed by atoms with Crippen molar-refractivity contribution in [3.63, 3.8) is 0 Å². The summed E-state index contributed by atoms with van der Waals surface area (Å²) in [7, 11) is 0. The van der Waals surface area contributed by atoms with Gasteiger partial charge >= 0.3 is 0 Å². The third-order valence-electron chi connectivity index (χ3n) is 4.99. The zero-order chi connectivity index (χ0) is 18.5. The summed E-state index contributed by atoms with van der Waals surface area (Å²) in [6.07, 6.45) is 6.29. The molecule has 1 aliphatic heterocycles. The summed E-state index contributed by atoms with van der Waals surface area (Å²) < 4.78 is 0. The minimum Gasteiger partial charge on any atom is -0.506 e. The fourth-order valence-corrected chi connectivity index (χ4v) is 3.51. The van der Waals surface area contributed by atoms with Gasteiger partial charge in [-0.3, -0.25) is 4.79 Å². The van der Waals surface area contributed by atoms with Gasteiger partial charge < -0.3 is 20.7 Å². The molecule has 4 N–H and O–H groups in total. The Bertz CT molecular complexity index is 748. The number of unbranched alkanes of at least 4 members (excludes halogenated alkanes) is 1. The second-order valence-corrected chi connectivity index (χ2v) is 7.70. The summed E-state index contributed by atoms with van der Waals surface area (Å²) >= 11 is 0. The molecule has 1 atom stereocenters. The molecule has 1 aromatic carbocycles. The topological polar surface area (TPSA) is 90.0 Å². The third kappa shape index (κ3) is 4.55. The Morgan fingerprint density at radius 3 is 2.96 bits per heavy atom. The predicted octanol–water partition coefficient (Wildman–Crippen LogP) is 3.12. The summed E-state index contributed by atoms with van der Waals surface area (Å²) in [6, 6.07) is 3.37. The lowest BCUT2D eigenvalue weighted by Gasteiger charge is -2.23. The maximum absolute atomic E-state index is 12.7. The Hall–Kier alpha value is -2.08. The van der Waals surface area contributed by atoms with Crippen molar-refractivity contribution < 1.29 is 9.90 Å². The summed E-state index contributed by atoms with van der Waals surface area (Å²) in [5, 5.41) is 16.5. The predicted molar refractivity (Wildman–Crippen MR) is 104 cm³/mol. The van der Waals surface area contributed by atoms with Gasteiger partial charge in [0, 0.05) is 19.0 Å². The molecule has 1 fully saturated rings. The van der Waals surface area contributed by atoms with Crippen LogP contribution in [0.15, 0.2) is 12.1 Å². The Labute approximate surface area is 154 Å². The number of phenols is 1. The second kappa shape index (κ2) is 8.54. The van der Waals surface area contributed by atoms with Crippen LogP contribution in [0.2, 0.25) is 0 Å². The highest BCUT2D eigenvalue weighted by atomic mass is 16.3. The number of aryl methyl sites for hydroxylation is 1. The number of carbonyl (C=O) groups is 1. The molecule has 1 aromatic heterocycles. The van der Waals surface area contributed by atoms with Crippen LogP contribution in [0.25, 0.3) is 11.0 Å². The minimum absolute atomic E-state index is 0.124. The van der Waals surface area contributed by atoms with Crippen LogP contribution in [0.4, 0.5) is 0 Å². The van der Waals surface area contributed by atoms with Crippen LogP contribution in [0.3, 0.4) is 0 Å². The molecule has 3 rings (SSSR count). The molecule has 2 heterocycles. The summed E-state index contributed by atoms with van der Waals surface area (Å²) in [5.41, 5.74) is 1.64. The van der Waals surface area contributed by atoms with E-state index in [-0.39, 0.29) is 17.7 Å². The Morgan fingerprint density at radius 2 is 2.23 bits per heavy atom. The molecule has 0 spiro atoms. The van der Waals surface area contributed by atoms with Crippen molar-refractivity contribution >= 4 is 16.9 Å². The number of fused-ring (bicyclic) bond motifs is 1. The number of amides is 1. The van der Waals surface area contributed by atoms with E-state index in [4.69, 9.17) is 0 Å². The molecule has 6 nitrogen and oxygen atoms in total. The van der Waals surface area contributed by atoms with E-state index < -0.39 is 0 Å². The van der Waals surface area contributed by atoms with Crippen molar-refractivity contribution in [2.75, 3.05) is 13.1 Å². The first-order chi connectivity index (χ1) is 12.5. The lowest BCUT2D eigenvalue weighted by atomic mass is 10.1. The fourth-order valence-electron chi connectivity index (χ4n) is 3.51. The molecule has 1 unspecified atom stereocenters. The number of benzene rings is 1. The Balaban J connectivity index is 1.73. The molecule has 26 heavy (non-hydrogen) atoms. The van der Waals surface area contributed by atoms with Crippen LogP contribution in [-0.4, -0.2) is 40.1 Å². The van der Waals surface area contributed by atoms with Crippen molar-refractivity contribution in [2.24, 2.45) is 5.92 Å². The van der Waals surface area contributed by atoms with Crippen molar-refractivity contribution in [3.05, 3.63) is 23.5 Å². The lowest BCUT2D eigenvalue weighted by molar-refractivity contribution is 0.0932. The van der Waals surface area contributed by atoms with E-state index in [9.17, 15) is 9.90 Å². The number of aromatic nitrogens is 2. The maximum Gasteiger partial charge on any atom is 0.253 e. The van der Waals surface area contributed by atoms with E-state index in [1.54, 1.807) is 12.1 Å². The van der Waals surface area contributed by atoms with Gasteiger partial charge in [-0.2, -0.15) is 0 Å². The molecular formula is C20H30N4O2. The van der Waals surface area contributed by atoms with Crippen molar-refractivity contribution in [2.45, 2.75) is 58.4 Å². The average Bonchev–Trinajstić information content (AvgIpc) is 3.04. The minimum atomic E-state index is -0.124. The van der Waals surface area contributed by atoms with Gasteiger partial charge in [0.2, 0.25) is 0 Å². The number of piperidine rings is 1. The lowest BCUT2D eigenvalue weighted by Crippen LogP contribution is -2.45. The number of phenolic OH excluding ortho intramolecular Hbond substituents is 1. The number of hydrogen-bond acceptors (Lipinski definition) is 4. The first-order valence-electron chi connectivity index (χ1n) is 9.76.